The number of sulfonamides is 1. The lowest BCUT2D eigenvalue weighted by atomic mass is 10.2. The van der Waals surface area contributed by atoms with Crippen molar-refractivity contribution in [3.8, 4) is 10.6 Å². The monoisotopic (exact) mass is 326 g/mol. The van der Waals surface area contributed by atoms with E-state index in [9.17, 15) is 12.8 Å². The van der Waals surface area contributed by atoms with Crippen molar-refractivity contribution >= 4 is 21.4 Å². The van der Waals surface area contributed by atoms with Crippen molar-refractivity contribution in [3.05, 3.63) is 53.8 Å². The van der Waals surface area contributed by atoms with Crippen LogP contribution in [-0.2, 0) is 16.4 Å². The van der Waals surface area contributed by atoms with Crippen LogP contribution < -0.4 is 4.72 Å². The number of hydrogen-bond acceptors (Lipinski definition) is 4. The summed E-state index contributed by atoms with van der Waals surface area (Å²) in [4.78, 5) is 4.42. The summed E-state index contributed by atoms with van der Waals surface area (Å²) in [6, 6.07) is 6.12. The maximum absolute atomic E-state index is 12.9. The van der Waals surface area contributed by atoms with Gasteiger partial charge in [-0.2, -0.15) is 0 Å². The first kappa shape index (κ1) is 15.8. The Kier molecular flexibility index (Phi) is 5.22. The summed E-state index contributed by atoms with van der Waals surface area (Å²) in [5.41, 5.74) is 1.65. The second-order valence-corrected chi connectivity index (χ2v) is 7.07. The van der Waals surface area contributed by atoms with Crippen LogP contribution in [0.4, 0.5) is 4.39 Å². The Morgan fingerprint density at radius 3 is 2.71 bits per heavy atom. The predicted octanol–water partition coefficient (Wildman–Crippen LogP) is 2.60. The second-order valence-electron chi connectivity index (χ2n) is 4.37. The highest BCUT2D eigenvalue weighted by Gasteiger charge is 2.08. The molecule has 4 nitrogen and oxygen atoms in total. The zero-order valence-electron chi connectivity index (χ0n) is 11.3. The Hall–Kier alpha value is -1.57. The van der Waals surface area contributed by atoms with Crippen LogP contribution >= 0.6 is 11.3 Å². The van der Waals surface area contributed by atoms with Crippen LogP contribution in [-0.4, -0.2) is 25.7 Å². The summed E-state index contributed by atoms with van der Waals surface area (Å²) in [6.45, 7) is 3.69. The fourth-order valence-corrected chi connectivity index (χ4v) is 3.40. The van der Waals surface area contributed by atoms with Gasteiger partial charge in [0.05, 0.1) is 11.4 Å². The molecule has 0 saturated heterocycles. The molecule has 1 aromatic carbocycles. The molecule has 0 aliphatic heterocycles. The van der Waals surface area contributed by atoms with Gasteiger partial charge in [-0.1, -0.05) is 6.08 Å². The maximum atomic E-state index is 12.9. The molecule has 0 spiro atoms. The highest BCUT2D eigenvalue weighted by atomic mass is 32.2. The lowest BCUT2D eigenvalue weighted by Gasteiger charge is -2.02. The van der Waals surface area contributed by atoms with Crippen LogP contribution in [0.1, 0.15) is 5.69 Å². The van der Waals surface area contributed by atoms with E-state index in [4.69, 9.17) is 0 Å². The molecular weight excluding hydrogens is 311 g/mol. The van der Waals surface area contributed by atoms with E-state index >= 15 is 0 Å². The summed E-state index contributed by atoms with van der Waals surface area (Å²) in [5, 5.41) is 2.67. The molecule has 0 aliphatic rings. The molecule has 0 bridgehead atoms. The highest BCUT2D eigenvalue weighted by molar-refractivity contribution is 7.89. The van der Waals surface area contributed by atoms with Crippen molar-refractivity contribution in [3.63, 3.8) is 0 Å². The first-order chi connectivity index (χ1) is 10.00. The number of thiazole rings is 1. The van der Waals surface area contributed by atoms with Crippen LogP contribution in [0.5, 0.6) is 0 Å². The number of halogens is 1. The molecule has 7 heteroatoms. The van der Waals surface area contributed by atoms with Gasteiger partial charge < -0.3 is 0 Å². The Morgan fingerprint density at radius 1 is 1.33 bits per heavy atom. The van der Waals surface area contributed by atoms with E-state index in [-0.39, 0.29) is 11.6 Å². The third kappa shape index (κ3) is 4.73. The van der Waals surface area contributed by atoms with Gasteiger partial charge in [0.15, 0.2) is 0 Å². The topological polar surface area (TPSA) is 59.1 Å². The zero-order valence-corrected chi connectivity index (χ0v) is 12.9. The average Bonchev–Trinajstić information content (AvgIpc) is 2.88. The molecule has 0 fully saturated rings. The van der Waals surface area contributed by atoms with Gasteiger partial charge in [-0.3, -0.25) is 0 Å². The third-order valence-corrected chi connectivity index (χ3v) is 4.94. The normalized spacial score (nSPS) is 11.5. The van der Waals surface area contributed by atoms with Crippen LogP contribution in [0.2, 0.25) is 0 Å². The second kappa shape index (κ2) is 6.93. The van der Waals surface area contributed by atoms with E-state index in [1.807, 2.05) is 5.38 Å². The first-order valence-corrected chi connectivity index (χ1v) is 8.82. The molecule has 0 atom stereocenters. The lowest BCUT2D eigenvalue weighted by molar-refractivity contribution is 0.584. The molecule has 1 N–H and O–H groups in total. The standard InChI is InChI=1S/C14H15FN2O2S2/c1-2-9-21(18,19)16-8-7-13-10-20-14(17-13)11-3-5-12(15)6-4-11/h2-6,10,16H,1,7-9H2. The van der Waals surface area contributed by atoms with Gasteiger partial charge in [-0.25, -0.2) is 22.5 Å². The van der Waals surface area contributed by atoms with Gasteiger partial charge in [0.1, 0.15) is 10.8 Å². The zero-order chi connectivity index (χ0) is 15.3. The molecule has 0 saturated carbocycles. The minimum atomic E-state index is -3.29. The first-order valence-electron chi connectivity index (χ1n) is 6.29. The molecule has 1 aromatic heterocycles. The van der Waals surface area contributed by atoms with E-state index in [1.54, 1.807) is 12.1 Å². The quantitative estimate of drug-likeness (QED) is 0.796. The summed E-state index contributed by atoms with van der Waals surface area (Å²) in [5.74, 6) is -0.377. The summed E-state index contributed by atoms with van der Waals surface area (Å²) in [6.07, 6.45) is 1.85. The molecule has 112 valence electrons. The van der Waals surface area contributed by atoms with Crippen LogP contribution in [0, 0.1) is 5.82 Å². The van der Waals surface area contributed by atoms with Crippen molar-refractivity contribution in [1.82, 2.24) is 9.71 Å². The molecule has 2 aromatic rings. The Balaban J connectivity index is 1.95. The number of benzene rings is 1. The largest absolute Gasteiger partial charge is 0.241 e. The van der Waals surface area contributed by atoms with Gasteiger partial charge in [0.2, 0.25) is 10.0 Å². The van der Waals surface area contributed by atoms with E-state index in [2.05, 4.69) is 16.3 Å². The van der Waals surface area contributed by atoms with Crippen molar-refractivity contribution in [2.45, 2.75) is 6.42 Å². The van der Waals surface area contributed by atoms with Gasteiger partial charge in [0, 0.05) is 23.9 Å². The summed E-state index contributed by atoms with van der Waals surface area (Å²) >= 11 is 1.45. The highest BCUT2D eigenvalue weighted by Crippen LogP contribution is 2.23. The minimum absolute atomic E-state index is 0.0924. The van der Waals surface area contributed by atoms with Gasteiger partial charge in [0.25, 0.3) is 0 Å². The summed E-state index contributed by atoms with van der Waals surface area (Å²) in [7, 11) is -3.29. The van der Waals surface area contributed by atoms with Crippen LogP contribution in [0.3, 0.4) is 0 Å². The van der Waals surface area contributed by atoms with Crippen LogP contribution in [0.15, 0.2) is 42.3 Å². The van der Waals surface area contributed by atoms with Crippen LogP contribution in [0.25, 0.3) is 10.6 Å². The fraction of sp³-hybridized carbons (Fsp3) is 0.214. The SMILES string of the molecule is C=CCS(=O)(=O)NCCc1csc(-c2ccc(F)cc2)n1. The third-order valence-electron chi connectivity index (χ3n) is 2.68. The lowest BCUT2D eigenvalue weighted by Crippen LogP contribution is -2.27. The van der Waals surface area contributed by atoms with Crippen molar-refractivity contribution in [2.24, 2.45) is 0 Å². The molecule has 1 heterocycles. The number of nitrogens with one attached hydrogen (secondary N) is 1. The molecule has 2 rings (SSSR count). The Morgan fingerprint density at radius 2 is 2.05 bits per heavy atom. The number of rotatable bonds is 7. The number of nitrogens with zero attached hydrogens (tertiary/aromatic N) is 1. The molecular formula is C14H15FN2O2S2. The van der Waals surface area contributed by atoms with Crippen molar-refractivity contribution < 1.29 is 12.8 Å². The van der Waals surface area contributed by atoms with Gasteiger partial charge in [-0.15, -0.1) is 17.9 Å². The van der Waals surface area contributed by atoms with Gasteiger partial charge in [-0.05, 0) is 24.3 Å². The predicted molar refractivity (Wildman–Crippen MR) is 83.2 cm³/mol. The number of hydrogen-bond donors (Lipinski definition) is 1. The van der Waals surface area contributed by atoms with E-state index in [0.717, 1.165) is 16.3 Å². The summed E-state index contributed by atoms with van der Waals surface area (Å²) < 4.78 is 38.2. The fourth-order valence-electron chi connectivity index (χ4n) is 1.70. The van der Waals surface area contributed by atoms with Crippen molar-refractivity contribution in [2.75, 3.05) is 12.3 Å². The Labute approximate surface area is 127 Å². The molecule has 0 radical (unpaired) electrons. The van der Waals surface area contributed by atoms with Gasteiger partial charge >= 0.3 is 0 Å². The molecule has 21 heavy (non-hydrogen) atoms. The maximum Gasteiger partial charge on any atom is 0.215 e. The van der Waals surface area contributed by atoms with E-state index < -0.39 is 10.0 Å². The smallest absolute Gasteiger partial charge is 0.215 e. The average molecular weight is 326 g/mol. The minimum Gasteiger partial charge on any atom is -0.241 e. The Bertz CT molecular complexity index is 709. The molecule has 0 amide bonds. The van der Waals surface area contributed by atoms with Crippen molar-refractivity contribution in [1.29, 1.82) is 0 Å². The number of aromatic nitrogens is 1. The van der Waals surface area contributed by atoms with E-state index in [1.165, 1.54) is 29.5 Å². The molecule has 0 unspecified atom stereocenters. The van der Waals surface area contributed by atoms with E-state index in [0.29, 0.717) is 13.0 Å². The molecule has 0 aliphatic carbocycles.